The molecule has 0 N–H and O–H groups in total. The van der Waals surface area contributed by atoms with E-state index in [2.05, 4.69) is 15.9 Å². The van der Waals surface area contributed by atoms with Gasteiger partial charge >= 0.3 is 0 Å². The first kappa shape index (κ1) is 20.1. The molecule has 144 valence electrons. The molecule has 27 heavy (non-hydrogen) atoms. The lowest BCUT2D eigenvalue weighted by molar-refractivity contribution is -0.134. The smallest absolute Gasteiger partial charge is 0.260 e. The Balaban J connectivity index is 1.57. The number of rotatable bonds is 5. The van der Waals surface area contributed by atoms with E-state index < -0.39 is 10.0 Å². The number of ether oxygens (including phenoxy) is 1. The highest BCUT2D eigenvalue weighted by Crippen LogP contribution is 2.24. The third-order valence-electron chi connectivity index (χ3n) is 4.21. The van der Waals surface area contributed by atoms with Crippen molar-refractivity contribution in [1.82, 2.24) is 9.21 Å². The summed E-state index contributed by atoms with van der Waals surface area (Å²) in [7, 11) is -3.58. The van der Waals surface area contributed by atoms with Crippen LogP contribution in [0.4, 0.5) is 0 Å². The van der Waals surface area contributed by atoms with Crippen molar-refractivity contribution in [3.63, 3.8) is 0 Å². The van der Waals surface area contributed by atoms with E-state index in [-0.39, 0.29) is 30.5 Å². The van der Waals surface area contributed by atoms with Gasteiger partial charge in [-0.1, -0.05) is 45.7 Å². The van der Waals surface area contributed by atoms with Crippen molar-refractivity contribution in [1.29, 1.82) is 0 Å². The number of nitrogens with zero attached hydrogens (tertiary/aromatic N) is 2. The Labute approximate surface area is 171 Å². The topological polar surface area (TPSA) is 66.9 Å². The number of hydrogen-bond acceptors (Lipinski definition) is 4. The van der Waals surface area contributed by atoms with Crippen LogP contribution in [0.25, 0.3) is 0 Å². The molecule has 0 radical (unpaired) electrons. The van der Waals surface area contributed by atoms with Gasteiger partial charge in [0.1, 0.15) is 5.75 Å². The summed E-state index contributed by atoms with van der Waals surface area (Å²) < 4.78 is 33.0. The first-order valence-electron chi connectivity index (χ1n) is 8.29. The first-order valence-corrected chi connectivity index (χ1v) is 10.9. The van der Waals surface area contributed by atoms with Gasteiger partial charge in [0.25, 0.3) is 5.91 Å². The van der Waals surface area contributed by atoms with Gasteiger partial charge in [0, 0.05) is 30.7 Å². The molecular formula is C18H18BrClN2O4S. The van der Waals surface area contributed by atoms with Crippen molar-refractivity contribution in [2.75, 3.05) is 32.8 Å². The molecule has 6 nitrogen and oxygen atoms in total. The van der Waals surface area contributed by atoms with Crippen LogP contribution >= 0.6 is 27.5 Å². The molecule has 1 aliphatic heterocycles. The van der Waals surface area contributed by atoms with Crippen molar-refractivity contribution >= 4 is 43.5 Å². The molecule has 2 aromatic rings. The maximum atomic E-state index is 12.7. The second-order valence-electron chi connectivity index (χ2n) is 5.96. The molecule has 1 aliphatic rings. The van der Waals surface area contributed by atoms with Gasteiger partial charge in [-0.3, -0.25) is 4.79 Å². The molecule has 9 heteroatoms. The highest BCUT2D eigenvalue weighted by atomic mass is 79.9. The molecule has 0 aromatic heterocycles. The number of piperazine rings is 1. The largest absolute Gasteiger partial charge is 0.482 e. The lowest BCUT2D eigenvalue weighted by atomic mass is 10.3. The van der Waals surface area contributed by atoms with Gasteiger partial charge in [-0.2, -0.15) is 4.31 Å². The van der Waals surface area contributed by atoms with Gasteiger partial charge in [-0.15, -0.1) is 0 Å². The molecule has 1 saturated heterocycles. The third-order valence-corrected chi connectivity index (χ3v) is 6.91. The van der Waals surface area contributed by atoms with Crippen LogP contribution in [0.15, 0.2) is 57.9 Å². The standard InChI is InChI=1S/C18H18BrClN2O4S/c19-14-4-3-5-15(12-14)27(24,25)22-10-8-21(9-11-22)18(23)13-26-17-7-2-1-6-16(17)20/h1-7,12H,8-11,13H2. The van der Waals surface area contributed by atoms with Crippen LogP contribution in [0.5, 0.6) is 5.75 Å². The average molecular weight is 474 g/mol. The number of para-hydroxylation sites is 1. The second kappa shape index (κ2) is 8.60. The van der Waals surface area contributed by atoms with E-state index in [1.165, 1.54) is 4.31 Å². The quantitative estimate of drug-likeness (QED) is 0.669. The van der Waals surface area contributed by atoms with Crippen molar-refractivity contribution < 1.29 is 17.9 Å². The number of sulfonamides is 1. The molecule has 0 unspecified atom stereocenters. The third kappa shape index (κ3) is 4.82. The molecule has 3 rings (SSSR count). The van der Waals surface area contributed by atoms with Crippen LogP contribution in [-0.2, 0) is 14.8 Å². The van der Waals surface area contributed by atoms with E-state index in [0.29, 0.717) is 28.3 Å². The van der Waals surface area contributed by atoms with Crippen LogP contribution in [0.1, 0.15) is 0 Å². The molecule has 0 spiro atoms. The summed E-state index contributed by atoms with van der Waals surface area (Å²) in [5, 5.41) is 0.440. The summed E-state index contributed by atoms with van der Waals surface area (Å²) in [6.45, 7) is 0.984. The molecule has 0 bridgehead atoms. The summed E-state index contributed by atoms with van der Waals surface area (Å²) in [4.78, 5) is 14.2. The zero-order chi connectivity index (χ0) is 19.4. The molecule has 0 atom stereocenters. The fraction of sp³-hybridized carbons (Fsp3) is 0.278. The van der Waals surface area contributed by atoms with Gasteiger partial charge in [0.2, 0.25) is 10.0 Å². The lowest BCUT2D eigenvalue weighted by Crippen LogP contribution is -2.51. The van der Waals surface area contributed by atoms with Crippen LogP contribution in [0.3, 0.4) is 0 Å². The van der Waals surface area contributed by atoms with E-state index >= 15 is 0 Å². The van der Waals surface area contributed by atoms with E-state index in [9.17, 15) is 13.2 Å². The Morgan fingerprint density at radius 3 is 2.44 bits per heavy atom. The summed E-state index contributed by atoms with van der Waals surface area (Å²) in [6, 6.07) is 13.5. The SMILES string of the molecule is O=C(COc1ccccc1Cl)N1CCN(S(=O)(=O)c2cccc(Br)c2)CC1. The Kier molecular flexibility index (Phi) is 6.41. The maximum absolute atomic E-state index is 12.7. The van der Waals surface area contributed by atoms with Gasteiger partial charge in [-0.05, 0) is 30.3 Å². The minimum Gasteiger partial charge on any atom is -0.482 e. The molecule has 0 saturated carbocycles. The Morgan fingerprint density at radius 1 is 1.07 bits per heavy atom. The van der Waals surface area contributed by atoms with E-state index in [0.717, 1.165) is 0 Å². The van der Waals surface area contributed by atoms with E-state index in [4.69, 9.17) is 16.3 Å². The first-order chi connectivity index (χ1) is 12.9. The van der Waals surface area contributed by atoms with Crippen LogP contribution in [-0.4, -0.2) is 56.3 Å². The van der Waals surface area contributed by atoms with Crippen LogP contribution in [0, 0.1) is 0 Å². The summed E-state index contributed by atoms with van der Waals surface area (Å²) in [5.74, 6) is 0.248. The lowest BCUT2D eigenvalue weighted by Gasteiger charge is -2.34. The van der Waals surface area contributed by atoms with Crippen molar-refractivity contribution in [3.05, 3.63) is 58.0 Å². The predicted octanol–water partition coefficient (Wildman–Crippen LogP) is 3.01. The summed E-state index contributed by atoms with van der Waals surface area (Å²) in [6.07, 6.45) is 0. The van der Waals surface area contributed by atoms with Crippen molar-refractivity contribution in [2.24, 2.45) is 0 Å². The number of carbonyl (C=O) groups excluding carboxylic acids is 1. The van der Waals surface area contributed by atoms with Gasteiger partial charge in [0.05, 0.1) is 9.92 Å². The fourth-order valence-corrected chi connectivity index (χ4v) is 4.96. The van der Waals surface area contributed by atoms with Crippen LogP contribution in [0.2, 0.25) is 5.02 Å². The van der Waals surface area contributed by atoms with Gasteiger partial charge in [-0.25, -0.2) is 8.42 Å². The highest BCUT2D eigenvalue weighted by Gasteiger charge is 2.30. The number of benzene rings is 2. The van der Waals surface area contributed by atoms with E-state index in [1.54, 1.807) is 53.4 Å². The second-order valence-corrected chi connectivity index (χ2v) is 9.22. The summed E-state index contributed by atoms with van der Waals surface area (Å²) in [5.41, 5.74) is 0. The predicted molar refractivity (Wildman–Crippen MR) is 106 cm³/mol. The molecule has 1 amide bonds. The zero-order valence-corrected chi connectivity index (χ0v) is 17.5. The van der Waals surface area contributed by atoms with Crippen LogP contribution < -0.4 is 4.74 Å². The monoisotopic (exact) mass is 472 g/mol. The summed E-state index contributed by atoms with van der Waals surface area (Å²) >= 11 is 9.30. The highest BCUT2D eigenvalue weighted by molar-refractivity contribution is 9.10. The van der Waals surface area contributed by atoms with E-state index in [1.807, 2.05) is 0 Å². The number of halogens is 2. The molecule has 1 fully saturated rings. The molecule has 1 heterocycles. The zero-order valence-electron chi connectivity index (χ0n) is 14.3. The molecular weight excluding hydrogens is 456 g/mol. The normalized spacial score (nSPS) is 15.6. The minimum absolute atomic E-state index is 0.137. The average Bonchev–Trinajstić information content (AvgIpc) is 2.67. The minimum atomic E-state index is -3.58. The van der Waals surface area contributed by atoms with Gasteiger partial charge in [0.15, 0.2) is 6.61 Å². The molecule has 0 aliphatic carbocycles. The Morgan fingerprint density at radius 2 is 1.78 bits per heavy atom. The number of amides is 1. The van der Waals surface area contributed by atoms with Gasteiger partial charge < -0.3 is 9.64 Å². The fourth-order valence-electron chi connectivity index (χ4n) is 2.75. The Hall–Kier alpha value is -1.61. The van der Waals surface area contributed by atoms with Crippen molar-refractivity contribution in [3.8, 4) is 5.75 Å². The number of carbonyl (C=O) groups is 1. The number of hydrogen-bond donors (Lipinski definition) is 0. The Bertz CT molecular complexity index is 930. The molecule has 2 aromatic carbocycles. The maximum Gasteiger partial charge on any atom is 0.260 e. The van der Waals surface area contributed by atoms with Crippen molar-refractivity contribution in [2.45, 2.75) is 4.90 Å².